The lowest BCUT2D eigenvalue weighted by atomic mass is 10.2. The van der Waals surface area contributed by atoms with Gasteiger partial charge in [0, 0.05) is 0 Å². The number of rotatable bonds is 5. The molecule has 0 aliphatic carbocycles. The fourth-order valence-electron chi connectivity index (χ4n) is 1.77. The van der Waals surface area contributed by atoms with Crippen molar-refractivity contribution >= 4 is 51.8 Å². The summed E-state index contributed by atoms with van der Waals surface area (Å²) in [7, 11) is 1.46. The van der Waals surface area contributed by atoms with Crippen LogP contribution in [-0.2, 0) is 6.61 Å². The van der Waals surface area contributed by atoms with Crippen molar-refractivity contribution < 1.29 is 19.4 Å². The predicted octanol–water partition coefficient (Wildman–Crippen LogP) is 4.88. The summed E-state index contributed by atoms with van der Waals surface area (Å²) in [6.07, 6.45) is 0. The summed E-state index contributed by atoms with van der Waals surface area (Å²) in [6, 6.07) is 8.16. The van der Waals surface area contributed by atoms with Gasteiger partial charge in [-0.15, -0.1) is 0 Å². The SMILES string of the molecule is COc1cc(C(=O)O)cc(I)c1OCc1ccc(Cl)c(Cl)c1. The number of hydrogen-bond acceptors (Lipinski definition) is 3. The maximum Gasteiger partial charge on any atom is 0.335 e. The first-order valence-electron chi connectivity index (χ1n) is 6.10. The Bertz CT molecular complexity index is 719. The monoisotopic (exact) mass is 452 g/mol. The Morgan fingerprint density at radius 1 is 1.23 bits per heavy atom. The van der Waals surface area contributed by atoms with Gasteiger partial charge in [-0.2, -0.15) is 0 Å². The van der Waals surface area contributed by atoms with Crippen molar-refractivity contribution in [2.45, 2.75) is 6.61 Å². The van der Waals surface area contributed by atoms with Crippen LogP contribution < -0.4 is 9.47 Å². The molecule has 0 aromatic heterocycles. The number of hydrogen-bond donors (Lipinski definition) is 1. The number of carboxylic acid groups (broad SMARTS) is 1. The van der Waals surface area contributed by atoms with Crippen molar-refractivity contribution in [3.8, 4) is 11.5 Å². The molecular formula is C15H11Cl2IO4. The number of halogens is 3. The fourth-order valence-corrected chi connectivity index (χ4v) is 2.85. The largest absolute Gasteiger partial charge is 0.493 e. The Balaban J connectivity index is 2.25. The van der Waals surface area contributed by atoms with E-state index >= 15 is 0 Å². The van der Waals surface area contributed by atoms with Crippen LogP contribution in [0.1, 0.15) is 15.9 Å². The third-order valence-electron chi connectivity index (χ3n) is 2.84. The van der Waals surface area contributed by atoms with Gasteiger partial charge < -0.3 is 14.6 Å². The van der Waals surface area contributed by atoms with E-state index in [4.69, 9.17) is 37.8 Å². The number of benzene rings is 2. The van der Waals surface area contributed by atoms with Gasteiger partial charge in [0.05, 0.1) is 26.3 Å². The number of methoxy groups -OCH3 is 1. The Kier molecular flexibility index (Phi) is 5.77. The minimum atomic E-state index is -1.02. The molecule has 2 aromatic carbocycles. The standard InChI is InChI=1S/C15H11Cl2IO4/c1-21-13-6-9(15(19)20)5-12(18)14(13)22-7-8-2-3-10(16)11(17)4-8/h2-6H,7H2,1H3,(H,19,20). The number of carbonyl (C=O) groups is 1. The van der Waals surface area contributed by atoms with Crippen molar-refractivity contribution in [2.75, 3.05) is 7.11 Å². The highest BCUT2D eigenvalue weighted by Crippen LogP contribution is 2.35. The lowest BCUT2D eigenvalue weighted by Gasteiger charge is -2.14. The summed E-state index contributed by atoms with van der Waals surface area (Å²) in [5, 5.41) is 9.98. The van der Waals surface area contributed by atoms with Crippen LogP contribution in [0.3, 0.4) is 0 Å². The normalized spacial score (nSPS) is 10.4. The highest BCUT2D eigenvalue weighted by Gasteiger charge is 2.15. The van der Waals surface area contributed by atoms with Gasteiger partial charge >= 0.3 is 5.97 Å². The third kappa shape index (κ3) is 3.97. The number of ether oxygens (including phenoxy) is 2. The molecule has 0 saturated carbocycles. The van der Waals surface area contributed by atoms with Crippen LogP contribution in [0.5, 0.6) is 11.5 Å². The fraction of sp³-hybridized carbons (Fsp3) is 0.133. The van der Waals surface area contributed by atoms with Crippen molar-refractivity contribution in [1.82, 2.24) is 0 Å². The zero-order valence-electron chi connectivity index (χ0n) is 11.4. The summed E-state index contributed by atoms with van der Waals surface area (Å²) in [6.45, 7) is 0.260. The Labute approximate surface area is 151 Å². The van der Waals surface area contributed by atoms with Crippen LogP contribution in [0.15, 0.2) is 30.3 Å². The molecule has 0 spiro atoms. The molecule has 22 heavy (non-hydrogen) atoms. The van der Waals surface area contributed by atoms with Gasteiger partial charge in [0.15, 0.2) is 11.5 Å². The molecule has 0 unspecified atom stereocenters. The van der Waals surface area contributed by atoms with Gasteiger partial charge in [0.1, 0.15) is 6.61 Å². The minimum absolute atomic E-state index is 0.142. The molecule has 0 bridgehead atoms. The maximum atomic E-state index is 11.1. The van der Waals surface area contributed by atoms with E-state index in [0.717, 1.165) is 5.56 Å². The minimum Gasteiger partial charge on any atom is -0.493 e. The molecule has 0 heterocycles. The average molecular weight is 453 g/mol. The Morgan fingerprint density at radius 3 is 2.55 bits per heavy atom. The first kappa shape index (κ1) is 17.2. The zero-order chi connectivity index (χ0) is 16.3. The highest BCUT2D eigenvalue weighted by atomic mass is 127. The van der Waals surface area contributed by atoms with Crippen molar-refractivity contribution in [2.24, 2.45) is 0 Å². The molecule has 116 valence electrons. The first-order chi connectivity index (χ1) is 10.4. The molecule has 7 heteroatoms. The molecule has 0 amide bonds. The smallest absolute Gasteiger partial charge is 0.335 e. The van der Waals surface area contributed by atoms with Gasteiger partial charge in [-0.25, -0.2) is 4.79 Å². The summed E-state index contributed by atoms with van der Waals surface area (Å²) in [5.74, 6) is -0.171. The van der Waals surface area contributed by atoms with Crippen LogP contribution in [0.2, 0.25) is 10.0 Å². The summed E-state index contributed by atoms with van der Waals surface area (Å²) < 4.78 is 11.6. The zero-order valence-corrected chi connectivity index (χ0v) is 15.1. The topological polar surface area (TPSA) is 55.8 Å². The molecular weight excluding hydrogens is 442 g/mol. The maximum absolute atomic E-state index is 11.1. The molecule has 0 fully saturated rings. The van der Waals surface area contributed by atoms with Gasteiger partial charge in [-0.3, -0.25) is 0 Å². The second-order valence-corrected chi connectivity index (χ2v) is 6.31. The van der Waals surface area contributed by atoms with Crippen LogP contribution in [0.4, 0.5) is 0 Å². The van der Waals surface area contributed by atoms with Crippen molar-refractivity contribution in [3.63, 3.8) is 0 Å². The van der Waals surface area contributed by atoms with E-state index < -0.39 is 5.97 Å². The molecule has 0 aliphatic heterocycles. The molecule has 0 radical (unpaired) electrons. The molecule has 2 aromatic rings. The van der Waals surface area contributed by atoms with Gasteiger partial charge in [0.25, 0.3) is 0 Å². The first-order valence-corrected chi connectivity index (χ1v) is 7.93. The van der Waals surface area contributed by atoms with E-state index in [1.54, 1.807) is 18.2 Å². The van der Waals surface area contributed by atoms with E-state index in [1.807, 2.05) is 22.6 Å². The summed E-state index contributed by atoms with van der Waals surface area (Å²) in [4.78, 5) is 11.1. The summed E-state index contributed by atoms with van der Waals surface area (Å²) in [5.41, 5.74) is 0.984. The lowest BCUT2D eigenvalue weighted by molar-refractivity contribution is 0.0696. The molecule has 0 atom stereocenters. The molecule has 1 N–H and O–H groups in total. The molecule has 2 rings (SSSR count). The summed E-state index contributed by atoms with van der Waals surface area (Å²) >= 11 is 13.8. The molecule has 0 saturated heterocycles. The van der Waals surface area contributed by atoms with Crippen LogP contribution in [0.25, 0.3) is 0 Å². The second-order valence-electron chi connectivity index (χ2n) is 4.33. The van der Waals surface area contributed by atoms with Crippen LogP contribution >= 0.6 is 45.8 Å². The van der Waals surface area contributed by atoms with E-state index in [1.165, 1.54) is 19.2 Å². The second kappa shape index (κ2) is 7.39. The predicted molar refractivity (Wildman–Crippen MR) is 93.5 cm³/mol. The lowest BCUT2D eigenvalue weighted by Crippen LogP contribution is -2.03. The molecule has 4 nitrogen and oxygen atoms in total. The van der Waals surface area contributed by atoms with E-state index in [-0.39, 0.29) is 12.2 Å². The van der Waals surface area contributed by atoms with E-state index in [0.29, 0.717) is 25.1 Å². The average Bonchev–Trinajstić information content (AvgIpc) is 2.48. The van der Waals surface area contributed by atoms with Crippen molar-refractivity contribution in [1.29, 1.82) is 0 Å². The van der Waals surface area contributed by atoms with Gasteiger partial charge in [0.2, 0.25) is 0 Å². The van der Waals surface area contributed by atoms with Crippen LogP contribution in [-0.4, -0.2) is 18.2 Å². The third-order valence-corrected chi connectivity index (χ3v) is 4.38. The van der Waals surface area contributed by atoms with Gasteiger partial charge in [-0.1, -0.05) is 29.3 Å². The Hall–Kier alpha value is -1.18. The van der Waals surface area contributed by atoms with Crippen LogP contribution in [0, 0.1) is 3.57 Å². The number of carboxylic acids is 1. The quantitative estimate of drug-likeness (QED) is 0.656. The molecule has 0 aliphatic rings. The van der Waals surface area contributed by atoms with Gasteiger partial charge in [-0.05, 0) is 52.4 Å². The van der Waals surface area contributed by atoms with E-state index in [9.17, 15) is 4.79 Å². The highest BCUT2D eigenvalue weighted by molar-refractivity contribution is 14.1. The Morgan fingerprint density at radius 2 is 1.95 bits per heavy atom. The van der Waals surface area contributed by atoms with E-state index in [2.05, 4.69) is 0 Å². The van der Waals surface area contributed by atoms with Crippen molar-refractivity contribution in [3.05, 3.63) is 55.1 Å². The number of aromatic carboxylic acids is 1.